The molecule has 0 unspecified atom stereocenters. The normalized spacial score (nSPS) is 9.17. The molecule has 3 heteroatoms. The number of hydrogen-bond acceptors (Lipinski definition) is 2. The summed E-state index contributed by atoms with van der Waals surface area (Å²) in [5.74, 6) is -0.258. The first-order valence-corrected chi connectivity index (χ1v) is 8.71. The van der Waals surface area contributed by atoms with E-state index < -0.39 is 0 Å². The quantitative estimate of drug-likeness (QED) is 0.180. The van der Waals surface area contributed by atoms with Crippen LogP contribution in [0.25, 0.3) is 0 Å². The van der Waals surface area contributed by atoms with Crippen molar-refractivity contribution >= 4 is 5.97 Å². The molecule has 0 atom stereocenters. The predicted molar refractivity (Wildman–Crippen MR) is 97.8 cm³/mol. The molecule has 0 saturated heterocycles. The molecule has 0 aromatic heterocycles. The number of allylic oxidation sites excluding steroid dienone is 1. The van der Waals surface area contributed by atoms with Crippen LogP contribution in [-0.4, -0.2) is 12.6 Å². The zero-order valence-corrected chi connectivity index (χ0v) is 18.2. The molecule has 0 rings (SSSR count). The third-order valence-corrected chi connectivity index (χ3v) is 3.08. The third-order valence-electron chi connectivity index (χ3n) is 3.08. The van der Waals surface area contributed by atoms with Gasteiger partial charge in [0.15, 0.2) is 0 Å². The first-order valence-electron chi connectivity index (χ1n) is 8.71. The summed E-state index contributed by atoms with van der Waals surface area (Å²) >= 11 is 0. The van der Waals surface area contributed by atoms with E-state index in [4.69, 9.17) is 4.74 Å². The molecule has 0 aromatic rings. The summed E-state index contributed by atoms with van der Waals surface area (Å²) in [6, 6.07) is 0. The zero-order chi connectivity index (χ0) is 17.2. The maximum atomic E-state index is 11.1. The molecule has 0 aliphatic rings. The standard InChI is InChI=1S/C16H30O2.C4H7.Na/c1-4-5-6-7-8-9-10-11-12-13-14-18-16(17)15(2)3;1-4(2)3;/h2,4-14H2,1,3H3;1-2H2,3H3;/q;-1;+1. The van der Waals surface area contributed by atoms with Gasteiger partial charge in [0.1, 0.15) is 0 Å². The van der Waals surface area contributed by atoms with Gasteiger partial charge in [0.05, 0.1) is 6.61 Å². The molecule has 0 bridgehead atoms. The van der Waals surface area contributed by atoms with E-state index in [2.05, 4.69) is 27.0 Å². The van der Waals surface area contributed by atoms with Crippen molar-refractivity contribution in [2.45, 2.75) is 85.0 Å². The summed E-state index contributed by atoms with van der Waals surface area (Å²) in [4.78, 5) is 11.1. The van der Waals surface area contributed by atoms with Gasteiger partial charge >= 0.3 is 35.5 Å². The number of esters is 1. The SMILES string of the molecule is C=C(C)C(=O)OCCCCCCCCCCCC.C=C([CH2-])C.[Na+]. The Morgan fingerprint density at radius 1 is 0.870 bits per heavy atom. The molecule has 2 nitrogen and oxygen atoms in total. The summed E-state index contributed by atoms with van der Waals surface area (Å²) in [6.07, 6.45) is 13.0. The minimum Gasteiger partial charge on any atom is -0.462 e. The van der Waals surface area contributed by atoms with Crippen molar-refractivity contribution < 1.29 is 39.1 Å². The van der Waals surface area contributed by atoms with E-state index in [-0.39, 0.29) is 35.5 Å². The van der Waals surface area contributed by atoms with Crippen LogP contribution in [0.15, 0.2) is 24.3 Å². The van der Waals surface area contributed by atoms with E-state index in [9.17, 15) is 4.79 Å². The smallest absolute Gasteiger partial charge is 0.462 e. The minimum atomic E-state index is -0.258. The molecule has 0 saturated carbocycles. The Balaban J connectivity index is -0.000000712. The first-order chi connectivity index (χ1) is 10.4. The summed E-state index contributed by atoms with van der Waals surface area (Å²) in [5.41, 5.74) is 1.40. The Labute approximate surface area is 167 Å². The van der Waals surface area contributed by atoms with Gasteiger partial charge in [0, 0.05) is 5.57 Å². The molecule has 0 amide bonds. The van der Waals surface area contributed by atoms with Gasteiger partial charge in [-0.25, -0.2) is 23.9 Å². The second kappa shape index (κ2) is 21.8. The van der Waals surface area contributed by atoms with Gasteiger partial charge in [0.2, 0.25) is 0 Å². The fraction of sp³-hybridized carbons (Fsp3) is 0.700. The van der Waals surface area contributed by atoms with Gasteiger partial charge in [-0.15, -0.1) is 0 Å². The van der Waals surface area contributed by atoms with E-state index in [1.165, 1.54) is 57.8 Å². The monoisotopic (exact) mass is 332 g/mol. The molecule has 0 aliphatic carbocycles. The number of carbonyl (C=O) groups excluding carboxylic acids is 1. The van der Waals surface area contributed by atoms with Crippen molar-refractivity contribution in [2.24, 2.45) is 0 Å². The van der Waals surface area contributed by atoms with Crippen molar-refractivity contribution in [3.8, 4) is 0 Å². The van der Waals surface area contributed by atoms with Gasteiger partial charge in [-0.3, -0.25) is 0 Å². The third kappa shape index (κ3) is 30.3. The van der Waals surface area contributed by atoms with E-state index in [1.807, 2.05) is 6.92 Å². The molecular formula is C20H37NaO2. The van der Waals surface area contributed by atoms with Crippen LogP contribution in [0.4, 0.5) is 0 Å². The van der Waals surface area contributed by atoms with E-state index >= 15 is 0 Å². The van der Waals surface area contributed by atoms with Crippen molar-refractivity contribution in [1.29, 1.82) is 0 Å². The molecular weight excluding hydrogens is 295 g/mol. The molecule has 0 aromatic carbocycles. The largest absolute Gasteiger partial charge is 1.00 e. The number of unbranched alkanes of at least 4 members (excludes halogenated alkanes) is 9. The maximum absolute atomic E-state index is 11.1. The summed E-state index contributed by atoms with van der Waals surface area (Å²) in [6.45, 7) is 16.8. The fourth-order valence-electron chi connectivity index (χ4n) is 1.88. The first kappa shape index (κ1) is 27.7. The Hall–Kier alpha value is -0.180. The van der Waals surface area contributed by atoms with Crippen LogP contribution in [0.5, 0.6) is 0 Å². The molecule has 0 fully saturated rings. The minimum absolute atomic E-state index is 0. The van der Waals surface area contributed by atoms with Crippen LogP contribution in [0.2, 0.25) is 0 Å². The van der Waals surface area contributed by atoms with Crippen molar-refractivity contribution in [3.05, 3.63) is 31.2 Å². The summed E-state index contributed by atoms with van der Waals surface area (Å²) in [5, 5.41) is 0. The average Bonchev–Trinajstić information content (AvgIpc) is 2.43. The fourth-order valence-corrected chi connectivity index (χ4v) is 1.88. The van der Waals surface area contributed by atoms with E-state index in [1.54, 1.807) is 6.92 Å². The Kier molecular flexibility index (Phi) is 26.2. The second-order valence-corrected chi connectivity index (χ2v) is 6.06. The van der Waals surface area contributed by atoms with Crippen LogP contribution < -0.4 is 29.6 Å². The van der Waals surface area contributed by atoms with E-state index in [0.717, 1.165) is 12.0 Å². The summed E-state index contributed by atoms with van der Waals surface area (Å²) < 4.78 is 5.04. The average molecular weight is 333 g/mol. The van der Waals surface area contributed by atoms with Crippen LogP contribution >= 0.6 is 0 Å². The maximum Gasteiger partial charge on any atom is 1.00 e. The Bertz CT molecular complexity index is 294. The molecule has 23 heavy (non-hydrogen) atoms. The predicted octanol–water partition coefficient (Wildman–Crippen LogP) is 3.43. The topological polar surface area (TPSA) is 26.3 Å². The Morgan fingerprint density at radius 3 is 1.57 bits per heavy atom. The van der Waals surface area contributed by atoms with Crippen LogP contribution in [0.3, 0.4) is 0 Å². The summed E-state index contributed by atoms with van der Waals surface area (Å²) in [7, 11) is 0. The molecule has 0 heterocycles. The Morgan fingerprint density at radius 2 is 1.22 bits per heavy atom. The van der Waals surface area contributed by atoms with Crippen molar-refractivity contribution in [3.63, 3.8) is 0 Å². The second-order valence-electron chi connectivity index (χ2n) is 6.06. The molecule has 0 aliphatic heterocycles. The van der Waals surface area contributed by atoms with Gasteiger partial charge < -0.3 is 4.74 Å². The van der Waals surface area contributed by atoms with E-state index in [0.29, 0.717) is 12.2 Å². The number of ether oxygens (including phenoxy) is 1. The molecule has 0 spiro atoms. The van der Waals surface area contributed by atoms with Gasteiger partial charge in [-0.1, -0.05) is 78.2 Å². The van der Waals surface area contributed by atoms with Crippen molar-refractivity contribution in [1.82, 2.24) is 0 Å². The van der Waals surface area contributed by atoms with Crippen LogP contribution in [-0.2, 0) is 9.53 Å². The molecule has 0 N–H and O–H groups in total. The van der Waals surface area contributed by atoms with Crippen molar-refractivity contribution in [2.75, 3.05) is 6.61 Å². The van der Waals surface area contributed by atoms with Gasteiger partial charge in [-0.05, 0) is 13.3 Å². The number of rotatable bonds is 12. The van der Waals surface area contributed by atoms with Crippen LogP contribution in [0, 0.1) is 6.92 Å². The molecule has 130 valence electrons. The van der Waals surface area contributed by atoms with Gasteiger partial charge in [-0.2, -0.15) is 0 Å². The number of hydrogen-bond donors (Lipinski definition) is 0. The zero-order valence-electron chi connectivity index (χ0n) is 16.2. The number of carbonyl (C=O) groups is 1. The molecule has 0 radical (unpaired) electrons. The van der Waals surface area contributed by atoms with Crippen LogP contribution in [0.1, 0.15) is 85.0 Å². The van der Waals surface area contributed by atoms with Gasteiger partial charge in [0.25, 0.3) is 0 Å².